The van der Waals surface area contributed by atoms with E-state index in [9.17, 15) is 8.42 Å². The highest BCUT2D eigenvalue weighted by molar-refractivity contribution is 7.89. The molecule has 114 valence electrons. The molecule has 0 fully saturated rings. The van der Waals surface area contributed by atoms with Crippen LogP contribution in [-0.2, 0) is 10.0 Å². The van der Waals surface area contributed by atoms with E-state index in [0.717, 1.165) is 5.56 Å². The lowest BCUT2D eigenvalue weighted by molar-refractivity contribution is 0.256. The molecule has 5 nitrogen and oxygen atoms in total. The SMILES string of the molecule is Cc1ccc(C)c(S(=O)(=O)NC(CCO)C(C)C)c1N. The number of hydrogen-bond donors (Lipinski definition) is 3. The minimum absolute atomic E-state index is 0.0619. The summed E-state index contributed by atoms with van der Waals surface area (Å²) in [6, 6.07) is 3.23. The first-order valence-corrected chi connectivity index (χ1v) is 8.18. The van der Waals surface area contributed by atoms with Crippen molar-refractivity contribution in [1.29, 1.82) is 0 Å². The highest BCUT2D eigenvalue weighted by atomic mass is 32.2. The molecule has 0 saturated carbocycles. The topological polar surface area (TPSA) is 92.4 Å². The first-order chi connectivity index (χ1) is 9.20. The van der Waals surface area contributed by atoms with E-state index in [1.165, 1.54) is 0 Å². The molecule has 0 radical (unpaired) electrons. The lowest BCUT2D eigenvalue weighted by atomic mass is 10.0. The zero-order valence-corrected chi connectivity index (χ0v) is 13.3. The van der Waals surface area contributed by atoms with Gasteiger partial charge in [-0.25, -0.2) is 13.1 Å². The minimum atomic E-state index is -3.70. The third-order valence-corrected chi connectivity index (χ3v) is 5.12. The van der Waals surface area contributed by atoms with E-state index in [2.05, 4.69) is 4.72 Å². The fraction of sp³-hybridized carbons (Fsp3) is 0.571. The Kier molecular flexibility index (Phi) is 5.56. The lowest BCUT2D eigenvalue weighted by Gasteiger charge is -2.23. The van der Waals surface area contributed by atoms with Crippen molar-refractivity contribution in [2.45, 2.75) is 45.1 Å². The maximum absolute atomic E-state index is 12.5. The number of aliphatic hydroxyl groups is 1. The average molecular weight is 300 g/mol. The summed E-state index contributed by atoms with van der Waals surface area (Å²) < 4.78 is 27.7. The molecule has 1 rings (SSSR count). The number of hydrogen-bond acceptors (Lipinski definition) is 4. The first-order valence-electron chi connectivity index (χ1n) is 6.69. The molecule has 6 heteroatoms. The number of rotatable bonds is 6. The number of nitrogens with two attached hydrogens (primary N) is 1. The van der Waals surface area contributed by atoms with Crippen molar-refractivity contribution in [2.75, 3.05) is 12.3 Å². The van der Waals surface area contributed by atoms with Gasteiger partial charge < -0.3 is 10.8 Å². The summed E-state index contributed by atoms with van der Waals surface area (Å²) in [6.07, 6.45) is 0.377. The van der Waals surface area contributed by atoms with Gasteiger partial charge in [0.1, 0.15) is 4.90 Å². The van der Waals surface area contributed by atoms with Crippen LogP contribution in [0.5, 0.6) is 0 Å². The van der Waals surface area contributed by atoms with Crippen LogP contribution < -0.4 is 10.5 Å². The number of nitrogens with one attached hydrogen (secondary N) is 1. The van der Waals surface area contributed by atoms with Crippen molar-refractivity contribution in [1.82, 2.24) is 4.72 Å². The van der Waals surface area contributed by atoms with Crippen LogP contribution in [0.3, 0.4) is 0 Å². The van der Waals surface area contributed by atoms with Crippen LogP contribution in [0, 0.1) is 19.8 Å². The number of sulfonamides is 1. The maximum Gasteiger partial charge on any atom is 0.243 e. The Morgan fingerprint density at radius 1 is 1.25 bits per heavy atom. The van der Waals surface area contributed by atoms with Gasteiger partial charge >= 0.3 is 0 Å². The Labute approximate surface area is 121 Å². The van der Waals surface area contributed by atoms with Crippen molar-refractivity contribution in [2.24, 2.45) is 5.92 Å². The second-order valence-corrected chi connectivity index (χ2v) is 7.08. The molecule has 1 atom stereocenters. The van der Waals surface area contributed by atoms with Crippen LogP contribution in [0.4, 0.5) is 5.69 Å². The first kappa shape index (κ1) is 16.9. The molecule has 4 N–H and O–H groups in total. The largest absolute Gasteiger partial charge is 0.397 e. The minimum Gasteiger partial charge on any atom is -0.397 e. The number of anilines is 1. The smallest absolute Gasteiger partial charge is 0.243 e. The van der Waals surface area contributed by atoms with Crippen LogP contribution in [-0.4, -0.2) is 26.2 Å². The highest BCUT2D eigenvalue weighted by Gasteiger charge is 2.26. The summed E-state index contributed by atoms with van der Waals surface area (Å²) in [4.78, 5) is 0.140. The Morgan fingerprint density at radius 3 is 2.30 bits per heavy atom. The van der Waals surface area contributed by atoms with Crippen LogP contribution in [0.1, 0.15) is 31.4 Å². The van der Waals surface area contributed by atoms with Gasteiger partial charge in [0.25, 0.3) is 0 Å². The van der Waals surface area contributed by atoms with Crippen molar-refractivity contribution in [3.63, 3.8) is 0 Å². The molecule has 0 bridgehead atoms. The molecule has 0 amide bonds. The zero-order chi connectivity index (χ0) is 15.5. The molecule has 20 heavy (non-hydrogen) atoms. The number of aryl methyl sites for hydroxylation is 2. The van der Waals surface area contributed by atoms with Gasteiger partial charge in [0, 0.05) is 12.6 Å². The summed E-state index contributed by atoms with van der Waals surface area (Å²) in [5.41, 5.74) is 7.56. The molecule has 0 saturated heterocycles. The second kappa shape index (κ2) is 6.56. The Bertz CT molecular complexity index is 568. The molecule has 0 aliphatic rings. The molecule has 0 spiro atoms. The van der Waals surface area contributed by atoms with Crippen LogP contribution in [0.25, 0.3) is 0 Å². The normalized spacial score (nSPS) is 13.7. The van der Waals surface area contributed by atoms with E-state index in [1.807, 2.05) is 13.8 Å². The molecule has 0 aliphatic heterocycles. The molecule has 0 heterocycles. The van der Waals surface area contributed by atoms with Gasteiger partial charge in [0.2, 0.25) is 10.0 Å². The Morgan fingerprint density at radius 2 is 1.80 bits per heavy atom. The van der Waals surface area contributed by atoms with E-state index >= 15 is 0 Å². The zero-order valence-electron chi connectivity index (χ0n) is 12.5. The molecule has 1 unspecified atom stereocenters. The van der Waals surface area contributed by atoms with Crippen molar-refractivity contribution in [3.8, 4) is 0 Å². The van der Waals surface area contributed by atoms with Gasteiger partial charge in [-0.3, -0.25) is 0 Å². The van der Waals surface area contributed by atoms with Crippen molar-refractivity contribution < 1.29 is 13.5 Å². The predicted octanol–water partition coefficient (Wildman–Crippen LogP) is 1.57. The van der Waals surface area contributed by atoms with E-state index in [1.54, 1.807) is 26.0 Å². The molecule has 1 aromatic rings. The molecule has 1 aromatic carbocycles. The summed E-state index contributed by atoms with van der Waals surface area (Å²) in [5.74, 6) is 0.0864. The third kappa shape index (κ3) is 3.71. The van der Waals surface area contributed by atoms with Crippen molar-refractivity contribution in [3.05, 3.63) is 23.3 Å². The van der Waals surface area contributed by atoms with Gasteiger partial charge in [-0.05, 0) is 37.3 Å². The molecule has 0 aromatic heterocycles. The molecular weight excluding hydrogens is 276 g/mol. The Balaban J connectivity index is 3.21. The van der Waals surface area contributed by atoms with Gasteiger partial charge in [-0.2, -0.15) is 0 Å². The lowest BCUT2D eigenvalue weighted by Crippen LogP contribution is -2.39. The highest BCUT2D eigenvalue weighted by Crippen LogP contribution is 2.26. The number of benzene rings is 1. The fourth-order valence-electron chi connectivity index (χ4n) is 2.09. The van der Waals surface area contributed by atoms with Gasteiger partial charge in [-0.15, -0.1) is 0 Å². The molecule has 0 aliphatic carbocycles. The van der Waals surface area contributed by atoms with Crippen LogP contribution in [0.15, 0.2) is 17.0 Å². The van der Waals surface area contributed by atoms with E-state index < -0.39 is 10.0 Å². The number of nitrogen functional groups attached to an aromatic ring is 1. The number of aliphatic hydroxyl groups excluding tert-OH is 1. The Hall–Kier alpha value is -1.11. The van der Waals surface area contributed by atoms with Gasteiger partial charge in [0.15, 0.2) is 0 Å². The summed E-state index contributed by atoms with van der Waals surface area (Å²) >= 11 is 0. The van der Waals surface area contributed by atoms with E-state index in [0.29, 0.717) is 12.0 Å². The second-order valence-electron chi connectivity index (χ2n) is 5.43. The summed E-state index contributed by atoms with van der Waals surface area (Å²) in [6.45, 7) is 7.26. The average Bonchev–Trinajstić information content (AvgIpc) is 2.33. The standard InChI is InChI=1S/C14H24N2O3S/c1-9(2)12(7-8-17)16-20(18,19)14-11(4)6-5-10(3)13(14)15/h5-6,9,12,16-17H,7-8,15H2,1-4H3. The van der Waals surface area contributed by atoms with Crippen molar-refractivity contribution >= 4 is 15.7 Å². The van der Waals surface area contributed by atoms with Crippen LogP contribution >= 0.6 is 0 Å². The predicted molar refractivity (Wildman–Crippen MR) is 81.0 cm³/mol. The summed E-state index contributed by atoms with van der Waals surface area (Å²) in [5, 5.41) is 9.05. The molecular formula is C14H24N2O3S. The summed E-state index contributed by atoms with van der Waals surface area (Å²) in [7, 11) is -3.70. The monoisotopic (exact) mass is 300 g/mol. The van der Waals surface area contributed by atoms with Gasteiger partial charge in [0.05, 0.1) is 5.69 Å². The fourth-order valence-corrected chi connectivity index (χ4v) is 3.94. The maximum atomic E-state index is 12.5. The van der Waals surface area contributed by atoms with E-state index in [-0.39, 0.29) is 29.1 Å². The van der Waals surface area contributed by atoms with E-state index in [4.69, 9.17) is 10.8 Å². The third-order valence-electron chi connectivity index (χ3n) is 3.43. The van der Waals surface area contributed by atoms with Gasteiger partial charge in [-0.1, -0.05) is 26.0 Å². The van der Waals surface area contributed by atoms with Crippen LogP contribution in [0.2, 0.25) is 0 Å². The quantitative estimate of drug-likeness (QED) is 0.695.